The number of benzene rings is 4. The maximum atomic E-state index is 13.3. The van der Waals surface area contributed by atoms with Crippen molar-refractivity contribution in [2.45, 2.75) is 12.5 Å². The third-order valence-electron chi connectivity index (χ3n) is 7.06. The van der Waals surface area contributed by atoms with Crippen LogP contribution in [0.1, 0.15) is 32.3 Å². The number of thiophene rings is 1. The van der Waals surface area contributed by atoms with E-state index < -0.39 is 11.9 Å². The van der Waals surface area contributed by atoms with E-state index >= 15 is 0 Å². The Hall–Kier alpha value is -4.46. The number of nitriles is 1. The van der Waals surface area contributed by atoms with Gasteiger partial charge in [-0.05, 0) is 53.6 Å². The third kappa shape index (κ3) is 5.98. The Balaban J connectivity index is 1.28. The zero-order valence-electron chi connectivity index (χ0n) is 23.2. The van der Waals surface area contributed by atoms with E-state index in [1.54, 1.807) is 54.6 Å². The molecule has 4 aromatic carbocycles. The monoisotopic (exact) mass is 680 g/mol. The van der Waals surface area contributed by atoms with Gasteiger partial charge in [0, 0.05) is 26.7 Å². The second kappa shape index (κ2) is 12.5. The van der Waals surface area contributed by atoms with Crippen molar-refractivity contribution >= 4 is 62.2 Å². The van der Waals surface area contributed by atoms with Crippen LogP contribution in [0.15, 0.2) is 84.3 Å². The van der Waals surface area contributed by atoms with E-state index in [0.717, 1.165) is 16.9 Å². The number of fused-ring (bicyclic) bond motifs is 2. The second-order valence-electron chi connectivity index (χ2n) is 9.85. The number of nitrogens with two attached hydrogens (primary N) is 1. The van der Waals surface area contributed by atoms with Crippen molar-refractivity contribution in [3.05, 3.63) is 127 Å². The number of esters is 1. The molecule has 0 spiro atoms. The van der Waals surface area contributed by atoms with Crippen LogP contribution in [0.3, 0.4) is 0 Å². The molecule has 45 heavy (non-hydrogen) atoms. The van der Waals surface area contributed by atoms with Crippen LogP contribution in [0.5, 0.6) is 23.0 Å². The lowest BCUT2D eigenvalue weighted by molar-refractivity contribution is 0.0740. The topological polar surface area (TPSA) is 104 Å². The van der Waals surface area contributed by atoms with E-state index in [0.29, 0.717) is 48.5 Å². The SMILES string of the molecule is COc1cc(C2C(C#N)=C(N)Oc3cc(OC(=O)c4sc5cc(Cl)cc(Cl)c5c4Cl)ccc32)ccc1OCc1ccc(F)cc1. The van der Waals surface area contributed by atoms with Crippen LogP contribution in [0.2, 0.25) is 15.1 Å². The maximum Gasteiger partial charge on any atom is 0.355 e. The largest absolute Gasteiger partial charge is 0.493 e. The number of hydrogen-bond acceptors (Lipinski definition) is 8. The first-order valence-electron chi connectivity index (χ1n) is 13.2. The fraction of sp³-hybridized carbons (Fsp3) is 0.0909. The van der Waals surface area contributed by atoms with Gasteiger partial charge in [0.1, 0.15) is 40.4 Å². The van der Waals surface area contributed by atoms with E-state index in [9.17, 15) is 14.4 Å². The molecule has 1 aromatic heterocycles. The molecule has 0 aliphatic carbocycles. The van der Waals surface area contributed by atoms with Gasteiger partial charge in [-0.1, -0.05) is 59.1 Å². The summed E-state index contributed by atoms with van der Waals surface area (Å²) in [6.45, 7) is 0.196. The zero-order valence-corrected chi connectivity index (χ0v) is 26.3. The fourth-order valence-corrected chi connectivity index (χ4v) is 7.21. The lowest BCUT2D eigenvalue weighted by Crippen LogP contribution is -2.21. The predicted molar refractivity (Wildman–Crippen MR) is 171 cm³/mol. The van der Waals surface area contributed by atoms with Crippen molar-refractivity contribution in [1.82, 2.24) is 0 Å². The lowest BCUT2D eigenvalue weighted by atomic mass is 9.83. The quantitative estimate of drug-likeness (QED) is 0.135. The first-order chi connectivity index (χ1) is 21.7. The van der Waals surface area contributed by atoms with Gasteiger partial charge in [0.05, 0.1) is 23.1 Å². The van der Waals surface area contributed by atoms with Crippen molar-refractivity contribution in [2.75, 3.05) is 7.11 Å². The minimum atomic E-state index is -0.692. The van der Waals surface area contributed by atoms with Gasteiger partial charge >= 0.3 is 5.97 Å². The van der Waals surface area contributed by atoms with Gasteiger partial charge in [0.2, 0.25) is 5.88 Å². The van der Waals surface area contributed by atoms with Crippen LogP contribution >= 0.6 is 46.1 Å². The molecule has 6 rings (SSSR count). The van der Waals surface area contributed by atoms with Crippen molar-refractivity contribution in [1.29, 1.82) is 5.26 Å². The van der Waals surface area contributed by atoms with Gasteiger partial charge in [-0.15, -0.1) is 11.3 Å². The molecule has 12 heteroatoms. The molecule has 1 unspecified atom stereocenters. The highest BCUT2D eigenvalue weighted by Crippen LogP contribution is 2.46. The molecule has 0 fully saturated rings. The summed E-state index contributed by atoms with van der Waals surface area (Å²) in [4.78, 5) is 13.3. The number of allylic oxidation sites excluding steroid dienone is 1. The highest BCUT2D eigenvalue weighted by atomic mass is 35.5. The maximum absolute atomic E-state index is 13.3. The van der Waals surface area contributed by atoms with Crippen LogP contribution in [0, 0.1) is 17.1 Å². The molecule has 1 aliphatic heterocycles. The molecule has 0 saturated heterocycles. The number of halogens is 4. The van der Waals surface area contributed by atoms with Crippen LogP contribution < -0.4 is 24.7 Å². The van der Waals surface area contributed by atoms with Gasteiger partial charge < -0.3 is 24.7 Å². The second-order valence-corrected chi connectivity index (χ2v) is 12.1. The van der Waals surface area contributed by atoms with E-state index in [4.69, 9.17) is 59.5 Å². The van der Waals surface area contributed by atoms with Crippen molar-refractivity contribution in [3.63, 3.8) is 0 Å². The number of nitrogens with zero attached hydrogens (tertiary/aromatic N) is 1. The van der Waals surface area contributed by atoms with Crippen molar-refractivity contribution in [2.24, 2.45) is 5.73 Å². The summed E-state index contributed by atoms with van der Waals surface area (Å²) >= 11 is 20.0. The highest BCUT2D eigenvalue weighted by molar-refractivity contribution is 7.21. The fourth-order valence-electron chi connectivity index (χ4n) is 4.96. The molecule has 5 aromatic rings. The molecule has 2 heterocycles. The predicted octanol–water partition coefficient (Wildman–Crippen LogP) is 9.03. The molecule has 1 aliphatic rings. The van der Waals surface area contributed by atoms with Crippen LogP contribution in [0.4, 0.5) is 4.39 Å². The standard InChI is InChI=1S/C33H20Cl3FN2O5S/c1-41-26-10-17(4-9-24(26)42-15-16-2-5-19(37)6-3-16)28-21-8-7-20(13-25(21)44-32(39)22(28)14-38)43-33(40)31-30(36)29-23(35)11-18(34)12-27(29)45-31/h2-13,28H,15,39H2,1H3. The molecule has 1 atom stereocenters. The molecule has 2 N–H and O–H groups in total. The molecule has 226 valence electrons. The Labute approximate surface area is 275 Å². The minimum absolute atomic E-state index is 0.0897. The number of carbonyl (C=O) groups excluding carboxylic acids is 1. The summed E-state index contributed by atoms with van der Waals surface area (Å²) in [5.74, 6) is -0.381. The van der Waals surface area contributed by atoms with Gasteiger partial charge in [-0.25, -0.2) is 9.18 Å². The third-order valence-corrected chi connectivity index (χ3v) is 9.19. The first kappa shape index (κ1) is 30.6. The molecular formula is C33H20Cl3FN2O5S. The molecule has 0 radical (unpaired) electrons. The molecule has 0 amide bonds. The molecule has 7 nitrogen and oxygen atoms in total. The zero-order chi connectivity index (χ0) is 31.8. The number of methoxy groups -OCH3 is 1. The Bertz CT molecular complexity index is 2060. The van der Waals surface area contributed by atoms with Gasteiger partial charge in [0.15, 0.2) is 11.5 Å². The number of hydrogen-bond donors (Lipinski definition) is 1. The summed E-state index contributed by atoms with van der Waals surface area (Å²) in [6, 6.07) is 21.4. The smallest absolute Gasteiger partial charge is 0.355 e. The van der Waals surface area contributed by atoms with Crippen LogP contribution in [-0.2, 0) is 6.61 Å². The van der Waals surface area contributed by atoms with Crippen molar-refractivity contribution < 1.29 is 28.1 Å². The summed E-state index contributed by atoms with van der Waals surface area (Å²) in [5, 5.41) is 11.4. The lowest BCUT2D eigenvalue weighted by Gasteiger charge is -2.27. The Morgan fingerprint density at radius 2 is 1.82 bits per heavy atom. The molecule has 0 saturated carbocycles. The first-order valence-corrected chi connectivity index (χ1v) is 15.2. The summed E-state index contributed by atoms with van der Waals surface area (Å²) < 4.78 is 36.9. The average Bonchev–Trinajstić information content (AvgIpc) is 3.36. The van der Waals surface area contributed by atoms with Crippen molar-refractivity contribution in [3.8, 4) is 29.1 Å². The summed E-state index contributed by atoms with van der Waals surface area (Å²) in [7, 11) is 1.50. The normalized spacial score (nSPS) is 14.0. The number of carbonyl (C=O) groups is 1. The van der Waals surface area contributed by atoms with Crippen LogP contribution in [-0.4, -0.2) is 13.1 Å². The summed E-state index contributed by atoms with van der Waals surface area (Å²) in [5.41, 5.74) is 8.47. The number of rotatable bonds is 7. The minimum Gasteiger partial charge on any atom is -0.493 e. The Morgan fingerprint density at radius 3 is 2.56 bits per heavy atom. The Kier molecular flexibility index (Phi) is 8.49. The summed E-state index contributed by atoms with van der Waals surface area (Å²) in [6.07, 6.45) is 0. The molecular weight excluding hydrogens is 662 g/mol. The van der Waals surface area contributed by atoms with Gasteiger partial charge in [-0.2, -0.15) is 5.26 Å². The number of ether oxygens (including phenoxy) is 4. The van der Waals surface area contributed by atoms with E-state index in [-0.39, 0.29) is 39.5 Å². The van der Waals surface area contributed by atoms with E-state index in [1.807, 2.05) is 0 Å². The van der Waals surface area contributed by atoms with Gasteiger partial charge in [0.25, 0.3) is 0 Å². The van der Waals surface area contributed by atoms with E-state index in [2.05, 4.69) is 6.07 Å². The van der Waals surface area contributed by atoms with E-state index in [1.165, 1.54) is 25.3 Å². The average molecular weight is 682 g/mol. The Morgan fingerprint density at radius 1 is 1.04 bits per heavy atom. The highest BCUT2D eigenvalue weighted by Gasteiger charge is 2.32. The van der Waals surface area contributed by atoms with Gasteiger partial charge in [-0.3, -0.25) is 0 Å². The van der Waals surface area contributed by atoms with Crippen LogP contribution in [0.25, 0.3) is 10.1 Å². The molecule has 0 bridgehead atoms.